The second-order valence-corrected chi connectivity index (χ2v) is 13.5. The van der Waals surface area contributed by atoms with Crippen molar-refractivity contribution in [2.75, 3.05) is 11.4 Å². The molecule has 2 aromatic heterocycles. The lowest BCUT2D eigenvalue weighted by Crippen LogP contribution is -2.16. The Labute approximate surface area is 277 Å². The van der Waals surface area contributed by atoms with Gasteiger partial charge in [0, 0.05) is 44.4 Å². The van der Waals surface area contributed by atoms with Crippen LogP contribution in [0.5, 0.6) is 0 Å². The molecule has 2 nitrogen and oxygen atoms in total. The average molecular weight is 619 g/mol. The van der Waals surface area contributed by atoms with Gasteiger partial charge in [-0.2, -0.15) is 0 Å². The molecule has 9 aromatic rings. The maximum absolute atomic E-state index is 2.56. The highest BCUT2D eigenvalue weighted by Gasteiger charge is 2.34. The van der Waals surface area contributed by atoms with Crippen LogP contribution in [0.4, 0.5) is 11.4 Å². The maximum Gasteiger partial charge on any atom is 0.0782 e. The Morgan fingerprint density at radius 1 is 0.511 bits per heavy atom. The third kappa shape index (κ3) is 3.97. The van der Waals surface area contributed by atoms with Crippen molar-refractivity contribution in [2.24, 2.45) is 0 Å². The van der Waals surface area contributed by atoms with E-state index in [2.05, 4.69) is 173 Å². The highest BCUT2D eigenvalue weighted by molar-refractivity contribution is 7.26. The molecule has 0 radical (unpaired) electrons. The fourth-order valence-electron chi connectivity index (χ4n) is 7.88. The first-order chi connectivity index (χ1) is 23.3. The smallest absolute Gasteiger partial charge is 0.0782 e. The van der Waals surface area contributed by atoms with Gasteiger partial charge in [0.2, 0.25) is 0 Å². The van der Waals surface area contributed by atoms with Crippen LogP contribution in [0.15, 0.2) is 164 Å². The first kappa shape index (κ1) is 26.6. The molecular weight excluding hydrogens is 589 g/mol. The number of hydrogen-bond acceptors (Lipinski definition) is 2. The molecule has 0 N–H and O–H groups in total. The van der Waals surface area contributed by atoms with Crippen molar-refractivity contribution in [2.45, 2.75) is 5.92 Å². The molecule has 10 rings (SSSR count). The van der Waals surface area contributed by atoms with E-state index < -0.39 is 0 Å². The molecular formula is C44H30N2S. The van der Waals surface area contributed by atoms with Crippen molar-refractivity contribution >= 4 is 64.7 Å². The summed E-state index contributed by atoms with van der Waals surface area (Å²) in [6, 6.07) is 60.0. The lowest BCUT2D eigenvalue weighted by Gasteiger charge is -2.22. The molecule has 7 aromatic carbocycles. The predicted octanol–water partition coefficient (Wildman–Crippen LogP) is 12.1. The van der Waals surface area contributed by atoms with Crippen molar-refractivity contribution in [3.63, 3.8) is 0 Å². The molecule has 0 bridgehead atoms. The molecule has 0 spiro atoms. The van der Waals surface area contributed by atoms with Crippen LogP contribution in [0.25, 0.3) is 58.8 Å². The number of fused-ring (bicyclic) bond motifs is 8. The van der Waals surface area contributed by atoms with E-state index in [1.807, 2.05) is 11.3 Å². The Balaban J connectivity index is 1.32. The SMILES string of the molecule is c1ccc(-c2cccc3c2sc2c(-n4c5ccccc5c5ccc6c(c54)N(c4ccccc4)CC6c4ccccc4)cccc23)cc1. The highest BCUT2D eigenvalue weighted by Crippen LogP contribution is 2.51. The zero-order valence-corrected chi connectivity index (χ0v) is 26.5. The zero-order chi connectivity index (χ0) is 30.9. The van der Waals surface area contributed by atoms with Gasteiger partial charge in [0.1, 0.15) is 0 Å². The van der Waals surface area contributed by atoms with E-state index in [-0.39, 0.29) is 5.92 Å². The minimum absolute atomic E-state index is 0.274. The van der Waals surface area contributed by atoms with Crippen molar-refractivity contribution in [3.8, 4) is 16.8 Å². The normalized spacial score (nSPS) is 14.5. The number of thiophene rings is 1. The minimum atomic E-state index is 0.274. The lowest BCUT2D eigenvalue weighted by atomic mass is 9.92. The first-order valence-electron chi connectivity index (χ1n) is 16.3. The van der Waals surface area contributed by atoms with Crippen LogP contribution >= 0.6 is 11.3 Å². The van der Waals surface area contributed by atoms with Crippen LogP contribution in [0.1, 0.15) is 17.0 Å². The maximum atomic E-state index is 2.56. The highest BCUT2D eigenvalue weighted by atomic mass is 32.1. The van der Waals surface area contributed by atoms with Gasteiger partial charge in [-0.25, -0.2) is 0 Å². The second kappa shape index (κ2) is 10.4. The fraction of sp³-hybridized carbons (Fsp3) is 0.0455. The predicted molar refractivity (Wildman–Crippen MR) is 201 cm³/mol. The van der Waals surface area contributed by atoms with E-state index in [4.69, 9.17) is 0 Å². The summed E-state index contributed by atoms with van der Waals surface area (Å²) in [5, 5.41) is 5.19. The summed E-state index contributed by atoms with van der Waals surface area (Å²) < 4.78 is 5.21. The van der Waals surface area contributed by atoms with Crippen molar-refractivity contribution in [3.05, 3.63) is 175 Å². The van der Waals surface area contributed by atoms with E-state index in [1.165, 1.54) is 81.3 Å². The van der Waals surface area contributed by atoms with Crippen molar-refractivity contribution in [1.82, 2.24) is 4.57 Å². The van der Waals surface area contributed by atoms with Gasteiger partial charge in [0.05, 0.1) is 27.1 Å². The molecule has 1 unspecified atom stereocenters. The number of hydrogen-bond donors (Lipinski definition) is 0. The molecule has 0 aliphatic carbocycles. The van der Waals surface area contributed by atoms with E-state index >= 15 is 0 Å². The molecule has 1 aliphatic rings. The van der Waals surface area contributed by atoms with E-state index in [0.717, 1.165) is 6.54 Å². The van der Waals surface area contributed by atoms with Crippen LogP contribution in [-0.2, 0) is 0 Å². The van der Waals surface area contributed by atoms with E-state index in [0.29, 0.717) is 0 Å². The van der Waals surface area contributed by atoms with Gasteiger partial charge in [-0.1, -0.05) is 140 Å². The van der Waals surface area contributed by atoms with Gasteiger partial charge in [-0.15, -0.1) is 11.3 Å². The van der Waals surface area contributed by atoms with Gasteiger partial charge in [0.15, 0.2) is 0 Å². The Kier molecular flexibility index (Phi) is 5.91. The number of benzene rings is 7. The fourth-order valence-corrected chi connectivity index (χ4v) is 9.22. The van der Waals surface area contributed by atoms with E-state index in [1.54, 1.807) is 0 Å². The topological polar surface area (TPSA) is 8.17 Å². The number of anilines is 2. The summed E-state index contributed by atoms with van der Waals surface area (Å²) in [5.74, 6) is 0.274. The van der Waals surface area contributed by atoms with E-state index in [9.17, 15) is 0 Å². The minimum Gasteiger partial charge on any atom is -0.339 e. The Hall–Kier alpha value is -5.64. The molecule has 0 amide bonds. The van der Waals surface area contributed by atoms with Crippen LogP contribution in [0.2, 0.25) is 0 Å². The van der Waals surface area contributed by atoms with Crippen LogP contribution in [0, 0.1) is 0 Å². The monoisotopic (exact) mass is 618 g/mol. The van der Waals surface area contributed by atoms with Gasteiger partial charge in [0.25, 0.3) is 0 Å². The number of aromatic nitrogens is 1. The lowest BCUT2D eigenvalue weighted by molar-refractivity contribution is 0.858. The summed E-state index contributed by atoms with van der Waals surface area (Å²) in [6.07, 6.45) is 0. The van der Waals surface area contributed by atoms with Gasteiger partial charge < -0.3 is 9.47 Å². The Morgan fingerprint density at radius 3 is 1.98 bits per heavy atom. The first-order valence-corrected chi connectivity index (χ1v) is 17.1. The zero-order valence-electron chi connectivity index (χ0n) is 25.7. The second-order valence-electron chi connectivity index (χ2n) is 12.5. The average Bonchev–Trinajstić information content (AvgIpc) is 3.83. The Morgan fingerprint density at radius 2 is 1.17 bits per heavy atom. The standard InChI is InChI=1S/C44H30N2S/c1-4-14-29(15-5-1)32-21-12-22-36-37-23-13-25-40(44(37)47-43(32)36)46-39-24-11-10-20-33(39)34-26-27-35-38(30-16-6-2-7-17-30)28-45(41(35)42(34)46)31-18-8-3-9-19-31/h1-27,38H,28H2. The molecule has 0 fully saturated rings. The summed E-state index contributed by atoms with van der Waals surface area (Å²) in [7, 11) is 0. The molecule has 47 heavy (non-hydrogen) atoms. The molecule has 222 valence electrons. The summed E-state index contributed by atoms with van der Waals surface area (Å²) in [5.41, 5.74) is 11.6. The largest absolute Gasteiger partial charge is 0.339 e. The van der Waals surface area contributed by atoms with Crippen molar-refractivity contribution < 1.29 is 0 Å². The summed E-state index contributed by atoms with van der Waals surface area (Å²) >= 11 is 1.92. The van der Waals surface area contributed by atoms with Crippen molar-refractivity contribution in [1.29, 1.82) is 0 Å². The third-order valence-electron chi connectivity index (χ3n) is 9.95. The molecule has 3 heterocycles. The van der Waals surface area contributed by atoms with Gasteiger partial charge in [-0.05, 0) is 46.5 Å². The Bertz CT molecular complexity index is 2600. The number of para-hydroxylation sites is 2. The molecule has 0 saturated carbocycles. The third-order valence-corrected chi connectivity index (χ3v) is 11.2. The van der Waals surface area contributed by atoms with Crippen LogP contribution in [0.3, 0.4) is 0 Å². The summed E-state index contributed by atoms with van der Waals surface area (Å²) in [4.78, 5) is 2.56. The van der Waals surface area contributed by atoms with Gasteiger partial charge >= 0.3 is 0 Å². The molecule has 0 saturated heterocycles. The molecule has 3 heteroatoms. The number of rotatable bonds is 4. The molecule has 1 atom stereocenters. The van der Waals surface area contributed by atoms with Crippen LogP contribution in [-0.4, -0.2) is 11.1 Å². The number of nitrogens with zero attached hydrogens (tertiary/aromatic N) is 2. The quantitative estimate of drug-likeness (QED) is 0.190. The van der Waals surface area contributed by atoms with Crippen LogP contribution < -0.4 is 4.90 Å². The van der Waals surface area contributed by atoms with Gasteiger partial charge in [-0.3, -0.25) is 0 Å². The summed E-state index contributed by atoms with van der Waals surface area (Å²) in [6.45, 7) is 0.900. The molecule has 1 aliphatic heterocycles.